The number of nitrogens with zero attached hydrogens (tertiary/aromatic N) is 4. The summed E-state index contributed by atoms with van der Waals surface area (Å²) in [5, 5.41) is 31.4. The maximum atomic E-state index is 9.64. The average Bonchev–Trinajstić information content (AvgIpc) is 2.59. The molecule has 1 rings (SSSR count). The van der Waals surface area contributed by atoms with Gasteiger partial charge in [0, 0.05) is 11.1 Å². The topological polar surface area (TPSA) is 83.5 Å². The first kappa shape index (κ1) is 14.8. The Kier molecular flexibility index (Phi) is 4.24. The Morgan fingerprint density at radius 1 is 1.11 bits per heavy atom. The molecular formula is C12H22N4O2. The van der Waals surface area contributed by atoms with Crippen LogP contribution in [0.15, 0.2) is 5.10 Å². The Balaban J connectivity index is 3.33. The average molecular weight is 254 g/mol. The van der Waals surface area contributed by atoms with Crippen molar-refractivity contribution in [3.05, 3.63) is 11.6 Å². The smallest absolute Gasteiger partial charge is 0.182 e. The first-order valence-electron chi connectivity index (χ1n) is 6.02. The van der Waals surface area contributed by atoms with E-state index in [1.807, 2.05) is 27.7 Å². The SMILES string of the molecule is C/C(=N\n1c([C@H](C)O)nnc1[C@@H](C)O)C(C)(C)C. The molecule has 1 aromatic heterocycles. The molecule has 0 saturated carbocycles. The molecule has 6 nitrogen and oxygen atoms in total. The summed E-state index contributed by atoms with van der Waals surface area (Å²) < 4.78 is 1.43. The Morgan fingerprint density at radius 3 is 1.78 bits per heavy atom. The van der Waals surface area contributed by atoms with Crippen LogP contribution >= 0.6 is 0 Å². The zero-order chi connectivity index (χ0) is 14.1. The fourth-order valence-electron chi connectivity index (χ4n) is 1.23. The van der Waals surface area contributed by atoms with Crippen molar-refractivity contribution in [2.24, 2.45) is 10.5 Å². The van der Waals surface area contributed by atoms with E-state index >= 15 is 0 Å². The van der Waals surface area contributed by atoms with Gasteiger partial charge in [-0.3, -0.25) is 0 Å². The van der Waals surface area contributed by atoms with Crippen molar-refractivity contribution in [3.8, 4) is 0 Å². The van der Waals surface area contributed by atoms with Crippen LogP contribution in [0, 0.1) is 5.41 Å². The van der Waals surface area contributed by atoms with Crippen LogP contribution in [-0.4, -0.2) is 30.8 Å². The van der Waals surface area contributed by atoms with E-state index in [9.17, 15) is 10.2 Å². The molecule has 0 aliphatic carbocycles. The van der Waals surface area contributed by atoms with Gasteiger partial charge in [-0.2, -0.15) is 9.78 Å². The lowest BCUT2D eigenvalue weighted by Gasteiger charge is -2.19. The van der Waals surface area contributed by atoms with Crippen molar-refractivity contribution in [1.82, 2.24) is 14.9 Å². The largest absolute Gasteiger partial charge is 0.385 e. The summed E-state index contributed by atoms with van der Waals surface area (Å²) in [6.07, 6.45) is -1.58. The van der Waals surface area contributed by atoms with Gasteiger partial charge in [0.2, 0.25) is 0 Å². The van der Waals surface area contributed by atoms with Crippen LogP contribution in [0.4, 0.5) is 0 Å². The van der Waals surface area contributed by atoms with Crippen LogP contribution < -0.4 is 0 Å². The van der Waals surface area contributed by atoms with Crippen LogP contribution in [-0.2, 0) is 0 Å². The number of hydrogen-bond donors (Lipinski definition) is 2. The highest BCUT2D eigenvalue weighted by Gasteiger charge is 2.21. The normalized spacial score (nSPS) is 16.8. The second kappa shape index (κ2) is 5.16. The maximum absolute atomic E-state index is 9.64. The highest BCUT2D eigenvalue weighted by atomic mass is 16.3. The molecule has 0 aliphatic rings. The van der Waals surface area contributed by atoms with Crippen molar-refractivity contribution in [1.29, 1.82) is 0 Å². The molecule has 2 atom stereocenters. The van der Waals surface area contributed by atoms with Crippen LogP contribution in [0.1, 0.15) is 65.4 Å². The van der Waals surface area contributed by atoms with Gasteiger partial charge in [-0.1, -0.05) is 20.8 Å². The molecule has 0 amide bonds. The Labute approximate surface area is 107 Å². The molecule has 2 N–H and O–H groups in total. The fourth-order valence-corrected chi connectivity index (χ4v) is 1.23. The summed E-state index contributed by atoms with van der Waals surface area (Å²) in [6.45, 7) is 11.2. The van der Waals surface area contributed by atoms with Gasteiger partial charge in [0.1, 0.15) is 12.2 Å². The quantitative estimate of drug-likeness (QED) is 0.803. The monoisotopic (exact) mass is 254 g/mol. The Bertz CT molecular complexity index is 416. The third-order valence-corrected chi connectivity index (χ3v) is 2.77. The minimum Gasteiger partial charge on any atom is -0.385 e. The molecule has 1 heterocycles. The number of hydrogen-bond acceptors (Lipinski definition) is 5. The summed E-state index contributed by atoms with van der Waals surface area (Å²) in [5.74, 6) is 0.656. The minimum atomic E-state index is -0.790. The van der Waals surface area contributed by atoms with Gasteiger partial charge in [-0.05, 0) is 20.8 Å². The van der Waals surface area contributed by atoms with Gasteiger partial charge in [-0.15, -0.1) is 10.2 Å². The highest BCUT2D eigenvalue weighted by molar-refractivity contribution is 5.86. The lowest BCUT2D eigenvalue weighted by atomic mass is 9.91. The van der Waals surface area contributed by atoms with E-state index in [0.29, 0.717) is 11.6 Å². The van der Waals surface area contributed by atoms with Crippen LogP contribution in [0.2, 0.25) is 0 Å². The number of rotatable bonds is 3. The Hall–Kier alpha value is -1.27. The second-order valence-electron chi connectivity index (χ2n) is 5.52. The van der Waals surface area contributed by atoms with Crippen molar-refractivity contribution < 1.29 is 10.2 Å². The molecule has 1 aromatic rings. The molecule has 0 saturated heterocycles. The molecule has 6 heteroatoms. The van der Waals surface area contributed by atoms with E-state index in [2.05, 4.69) is 15.3 Å². The number of aromatic nitrogens is 3. The van der Waals surface area contributed by atoms with Gasteiger partial charge in [0.15, 0.2) is 11.6 Å². The summed E-state index contributed by atoms with van der Waals surface area (Å²) in [7, 11) is 0. The number of aliphatic hydroxyl groups excluding tert-OH is 2. The van der Waals surface area contributed by atoms with Crippen molar-refractivity contribution in [3.63, 3.8) is 0 Å². The van der Waals surface area contributed by atoms with Crippen molar-refractivity contribution in [2.45, 2.75) is 53.8 Å². The second-order valence-corrected chi connectivity index (χ2v) is 5.52. The zero-order valence-corrected chi connectivity index (χ0v) is 11.8. The highest BCUT2D eigenvalue weighted by Crippen LogP contribution is 2.20. The lowest BCUT2D eigenvalue weighted by molar-refractivity contribution is 0.173. The predicted octanol–water partition coefficient (Wildman–Crippen LogP) is 1.65. The summed E-state index contributed by atoms with van der Waals surface area (Å²) in [5.41, 5.74) is 0.766. The molecule has 102 valence electrons. The predicted molar refractivity (Wildman–Crippen MR) is 69.3 cm³/mol. The van der Waals surface area contributed by atoms with Gasteiger partial charge < -0.3 is 10.2 Å². The first-order chi connectivity index (χ1) is 8.14. The van der Waals surface area contributed by atoms with Crippen LogP contribution in [0.25, 0.3) is 0 Å². The standard InChI is InChI=1S/C12H22N4O2/c1-7(17)10-13-14-11(8(2)18)16(10)15-9(3)12(4,5)6/h7-8,17-18H,1-6H3/b15-9+/t7-,8+. The third-order valence-electron chi connectivity index (χ3n) is 2.77. The van der Waals surface area contributed by atoms with E-state index in [1.54, 1.807) is 13.8 Å². The first-order valence-corrected chi connectivity index (χ1v) is 6.02. The summed E-state index contributed by atoms with van der Waals surface area (Å²) in [6, 6.07) is 0. The fraction of sp³-hybridized carbons (Fsp3) is 0.750. The zero-order valence-electron chi connectivity index (χ0n) is 11.8. The Morgan fingerprint density at radius 2 is 1.50 bits per heavy atom. The molecule has 0 radical (unpaired) electrons. The van der Waals surface area contributed by atoms with E-state index in [1.165, 1.54) is 4.68 Å². The van der Waals surface area contributed by atoms with Crippen molar-refractivity contribution >= 4 is 5.71 Å². The van der Waals surface area contributed by atoms with Gasteiger partial charge in [0.05, 0.1) is 0 Å². The third kappa shape index (κ3) is 3.14. The van der Waals surface area contributed by atoms with E-state index < -0.39 is 12.2 Å². The summed E-state index contributed by atoms with van der Waals surface area (Å²) >= 11 is 0. The van der Waals surface area contributed by atoms with Crippen LogP contribution in [0.3, 0.4) is 0 Å². The molecule has 0 spiro atoms. The van der Waals surface area contributed by atoms with Gasteiger partial charge in [-0.25, -0.2) is 0 Å². The molecule has 0 bridgehead atoms. The van der Waals surface area contributed by atoms with Crippen molar-refractivity contribution in [2.75, 3.05) is 0 Å². The molecular weight excluding hydrogens is 232 g/mol. The molecule has 0 unspecified atom stereocenters. The maximum Gasteiger partial charge on any atom is 0.182 e. The van der Waals surface area contributed by atoms with E-state index in [-0.39, 0.29) is 5.41 Å². The van der Waals surface area contributed by atoms with Gasteiger partial charge in [0.25, 0.3) is 0 Å². The molecule has 18 heavy (non-hydrogen) atoms. The van der Waals surface area contributed by atoms with Crippen LogP contribution in [0.5, 0.6) is 0 Å². The number of aliphatic hydroxyl groups is 2. The summed E-state index contributed by atoms with van der Waals surface area (Å²) in [4.78, 5) is 0. The van der Waals surface area contributed by atoms with E-state index in [4.69, 9.17) is 0 Å². The molecule has 0 aromatic carbocycles. The van der Waals surface area contributed by atoms with E-state index in [0.717, 1.165) is 5.71 Å². The molecule has 0 aliphatic heterocycles. The lowest BCUT2D eigenvalue weighted by Crippen LogP contribution is -2.20. The molecule has 0 fully saturated rings. The minimum absolute atomic E-state index is 0.101. The van der Waals surface area contributed by atoms with Gasteiger partial charge >= 0.3 is 0 Å².